The molecule has 1 N–H and O–H groups in total. The van der Waals surface area contributed by atoms with Gasteiger partial charge in [0.25, 0.3) is 11.8 Å². The highest BCUT2D eigenvalue weighted by Gasteiger charge is 2.41. The van der Waals surface area contributed by atoms with Crippen molar-refractivity contribution in [3.8, 4) is 0 Å². The maximum absolute atomic E-state index is 14.5. The summed E-state index contributed by atoms with van der Waals surface area (Å²) in [5.74, 6) is -3.15. The Kier molecular flexibility index (Phi) is 5.38. The van der Waals surface area contributed by atoms with Gasteiger partial charge in [-0.15, -0.1) is 0 Å². The van der Waals surface area contributed by atoms with Crippen LogP contribution in [0.5, 0.6) is 0 Å². The van der Waals surface area contributed by atoms with Crippen LogP contribution < -0.4 is 10.2 Å². The molecular weight excluding hydrogens is 410 g/mol. The summed E-state index contributed by atoms with van der Waals surface area (Å²) in [5.41, 5.74) is 5.16. The Morgan fingerprint density at radius 1 is 0.719 bits per heavy atom. The van der Waals surface area contributed by atoms with E-state index in [0.29, 0.717) is 17.3 Å². The summed E-state index contributed by atoms with van der Waals surface area (Å²) < 4.78 is 28.0. The van der Waals surface area contributed by atoms with E-state index in [0.717, 1.165) is 39.3 Å². The van der Waals surface area contributed by atoms with Crippen molar-refractivity contribution in [2.24, 2.45) is 0 Å². The molecule has 0 aromatic heterocycles. The molecule has 0 fully saturated rings. The average Bonchev–Trinajstić information content (AvgIpc) is 2.97. The van der Waals surface area contributed by atoms with Crippen molar-refractivity contribution in [1.29, 1.82) is 0 Å². The zero-order valence-corrected chi connectivity index (χ0v) is 18.2. The molecule has 1 aliphatic rings. The molecule has 1 aliphatic heterocycles. The lowest BCUT2D eigenvalue weighted by Crippen LogP contribution is -2.33. The Morgan fingerprint density at radius 3 is 2.00 bits per heavy atom. The largest absolute Gasteiger partial charge is 0.350 e. The first-order valence-electron chi connectivity index (χ1n) is 10.2. The Hall–Kier alpha value is -3.80. The molecule has 1 heterocycles. The third kappa shape index (κ3) is 3.68. The number of rotatable bonds is 4. The molecule has 0 bridgehead atoms. The first kappa shape index (κ1) is 21.4. The normalized spacial score (nSPS) is 13.9. The van der Waals surface area contributed by atoms with Crippen molar-refractivity contribution in [3.05, 3.63) is 99.7 Å². The molecule has 0 radical (unpaired) electrons. The van der Waals surface area contributed by atoms with Crippen molar-refractivity contribution < 1.29 is 18.4 Å². The number of hydrogen-bond donors (Lipinski definition) is 1. The molecule has 0 saturated heterocycles. The number of imide groups is 1. The number of amides is 2. The van der Waals surface area contributed by atoms with Gasteiger partial charge in [0, 0.05) is 11.8 Å². The van der Waals surface area contributed by atoms with Crippen LogP contribution in [0.4, 0.5) is 20.2 Å². The van der Waals surface area contributed by atoms with Crippen LogP contribution in [0.2, 0.25) is 0 Å². The highest BCUT2D eigenvalue weighted by Crippen LogP contribution is 2.35. The number of hydrogen-bond acceptors (Lipinski definition) is 3. The molecule has 0 unspecified atom stereocenters. The predicted molar refractivity (Wildman–Crippen MR) is 121 cm³/mol. The number of aryl methyl sites for hydroxylation is 4. The van der Waals surface area contributed by atoms with Crippen molar-refractivity contribution in [2.75, 3.05) is 10.2 Å². The Bertz CT molecular complexity index is 1310. The molecule has 4 rings (SSSR count). The molecular formula is C26H22F2N2O2. The van der Waals surface area contributed by atoms with Gasteiger partial charge in [-0.25, -0.2) is 13.7 Å². The highest BCUT2D eigenvalue weighted by atomic mass is 19.1. The van der Waals surface area contributed by atoms with Gasteiger partial charge in [-0.2, -0.15) is 0 Å². The molecule has 162 valence electrons. The van der Waals surface area contributed by atoms with Crippen LogP contribution in [-0.2, 0) is 9.59 Å². The number of carbonyl (C=O) groups excluding carboxylic acids is 2. The molecule has 32 heavy (non-hydrogen) atoms. The van der Waals surface area contributed by atoms with Gasteiger partial charge in [-0.3, -0.25) is 9.59 Å². The van der Waals surface area contributed by atoms with Crippen LogP contribution in [-0.4, -0.2) is 11.8 Å². The quantitative estimate of drug-likeness (QED) is 0.547. The summed E-state index contributed by atoms with van der Waals surface area (Å²) in [6, 6.07) is 13.8. The minimum Gasteiger partial charge on any atom is -0.350 e. The molecule has 0 aliphatic carbocycles. The van der Waals surface area contributed by atoms with Crippen molar-refractivity contribution in [1.82, 2.24) is 0 Å². The summed E-state index contributed by atoms with van der Waals surface area (Å²) >= 11 is 0. The van der Waals surface area contributed by atoms with Gasteiger partial charge in [-0.1, -0.05) is 24.3 Å². The first-order chi connectivity index (χ1) is 15.2. The number of anilines is 2. The SMILES string of the molecule is Cc1ccc(NC2=C(c3ccc(C)c(C)c3)C(=O)N(c3ccc(F)cc3F)C2=O)cc1C. The molecule has 0 saturated carbocycles. The number of nitrogens with one attached hydrogen (secondary N) is 1. The van der Waals surface area contributed by atoms with E-state index in [1.165, 1.54) is 0 Å². The molecule has 6 heteroatoms. The van der Waals surface area contributed by atoms with Crippen LogP contribution in [0.3, 0.4) is 0 Å². The van der Waals surface area contributed by atoms with Gasteiger partial charge in [0.2, 0.25) is 0 Å². The highest BCUT2D eigenvalue weighted by molar-refractivity contribution is 6.46. The minimum absolute atomic E-state index is 0.0465. The van der Waals surface area contributed by atoms with Crippen LogP contribution in [0.25, 0.3) is 5.57 Å². The Labute approximate surface area is 185 Å². The fourth-order valence-corrected chi connectivity index (χ4v) is 3.66. The van der Waals surface area contributed by atoms with Crippen LogP contribution in [0.15, 0.2) is 60.3 Å². The number of benzene rings is 3. The first-order valence-corrected chi connectivity index (χ1v) is 10.2. The Morgan fingerprint density at radius 2 is 1.38 bits per heavy atom. The van der Waals surface area contributed by atoms with E-state index in [1.807, 2.05) is 58.0 Å². The van der Waals surface area contributed by atoms with Crippen molar-refractivity contribution in [2.45, 2.75) is 27.7 Å². The summed E-state index contributed by atoms with van der Waals surface area (Å²) in [6.45, 7) is 7.78. The van der Waals surface area contributed by atoms with E-state index in [1.54, 1.807) is 6.07 Å². The van der Waals surface area contributed by atoms with Gasteiger partial charge in [0.1, 0.15) is 17.3 Å². The zero-order chi connectivity index (χ0) is 23.2. The third-order valence-corrected chi connectivity index (χ3v) is 5.81. The molecule has 3 aromatic carbocycles. The molecule has 2 amide bonds. The van der Waals surface area contributed by atoms with Gasteiger partial charge >= 0.3 is 0 Å². The lowest BCUT2D eigenvalue weighted by atomic mass is 9.99. The van der Waals surface area contributed by atoms with Gasteiger partial charge in [0.05, 0.1) is 11.3 Å². The summed E-state index contributed by atoms with van der Waals surface area (Å²) in [5, 5.41) is 3.07. The van der Waals surface area contributed by atoms with E-state index in [2.05, 4.69) is 5.32 Å². The van der Waals surface area contributed by atoms with Crippen LogP contribution >= 0.6 is 0 Å². The maximum atomic E-state index is 14.5. The van der Waals surface area contributed by atoms with Crippen LogP contribution in [0, 0.1) is 39.3 Å². The third-order valence-electron chi connectivity index (χ3n) is 5.81. The maximum Gasteiger partial charge on any atom is 0.282 e. The summed E-state index contributed by atoms with van der Waals surface area (Å²) in [4.78, 5) is 27.5. The fraction of sp³-hybridized carbons (Fsp3) is 0.154. The predicted octanol–water partition coefficient (Wildman–Crippen LogP) is 5.60. The number of halogens is 2. The Balaban J connectivity index is 1.87. The average molecular weight is 432 g/mol. The van der Waals surface area contributed by atoms with E-state index in [-0.39, 0.29) is 17.0 Å². The lowest BCUT2D eigenvalue weighted by Gasteiger charge is -2.16. The second-order valence-corrected chi connectivity index (χ2v) is 8.01. The molecule has 0 spiro atoms. The van der Waals surface area contributed by atoms with E-state index in [4.69, 9.17) is 0 Å². The van der Waals surface area contributed by atoms with Crippen LogP contribution in [0.1, 0.15) is 27.8 Å². The zero-order valence-electron chi connectivity index (χ0n) is 18.2. The van der Waals surface area contributed by atoms with E-state index < -0.39 is 23.4 Å². The fourth-order valence-electron chi connectivity index (χ4n) is 3.66. The van der Waals surface area contributed by atoms with Gasteiger partial charge in [0.15, 0.2) is 0 Å². The van der Waals surface area contributed by atoms with Gasteiger partial charge in [-0.05, 0) is 79.8 Å². The molecule has 0 atom stereocenters. The lowest BCUT2D eigenvalue weighted by molar-refractivity contribution is -0.120. The standard InChI is InChI=1S/C26H22F2N2O2/c1-14-5-7-18(11-16(14)3)23-24(29-20-9-6-15(2)17(4)12-20)26(32)30(25(23)31)22-10-8-19(27)13-21(22)28/h5-13,29H,1-4H3. The van der Waals surface area contributed by atoms with E-state index >= 15 is 0 Å². The van der Waals surface area contributed by atoms with Crippen molar-refractivity contribution >= 4 is 28.8 Å². The summed E-state index contributed by atoms with van der Waals surface area (Å²) in [7, 11) is 0. The topological polar surface area (TPSA) is 49.4 Å². The molecule has 4 nitrogen and oxygen atoms in total. The van der Waals surface area contributed by atoms with E-state index in [9.17, 15) is 18.4 Å². The summed E-state index contributed by atoms with van der Waals surface area (Å²) in [6.07, 6.45) is 0. The number of nitrogens with zero attached hydrogens (tertiary/aromatic N) is 1. The van der Waals surface area contributed by atoms with Crippen molar-refractivity contribution in [3.63, 3.8) is 0 Å². The smallest absolute Gasteiger partial charge is 0.282 e. The molecule has 3 aromatic rings. The second kappa shape index (κ2) is 8.04. The number of carbonyl (C=O) groups is 2. The minimum atomic E-state index is -0.987. The second-order valence-electron chi connectivity index (χ2n) is 8.01. The van der Waals surface area contributed by atoms with Gasteiger partial charge < -0.3 is 5.32 Å². The monoisotopic (exact) mass is 432 g/mol.